The molecule has 0 radical (unpaired) electrons. The highest BCUT2D eigenvalue weighted by Crippen LogP contribution is 2.61. The highest BCUT2D eigenvalue weighted by molar-refractivity contribution is 6.08. The second-order valence-electron chi connectivity index (χ2n) is 9.55. The highest BCUT2D eigenvalue weighted by Gasteiger charge is 2.66. The molecule has 34 heavy (non-hydrogen) atoms. The van der Waals surface area contributed by atoms with Gasteiger partial charge in [-0.25, -0.2) is 9.38 Å². The van der Waals surface area contributed by atoms with Crippen LogP contribution in [0.15, 0.2) is 45.9 Å². The molecular formula is C26H22FN5O2. The van der Waals surface area contributed by atoms with Gasteiger partial charge in [-0.15, -0.1) is 0 Å². The van der Waals surface area contributed by atoms with E-state index < -0.39 is 16.8 Å². The zero-order valence-corrected chi connectivity index (χ0v) is 18.9. The van der Waals surface area contributed by atoms with E-state index in [1.807, 2.05) is 31.2 Å². The molecule has 2 N–H and O–H groups in total. The molecule has 1 amide bonds. The Labute approximate surface area is 195 Å². The van der Waals surface area contributed by atoms with Crippen LogP contribution >= 0.6 is 0 Å². The number of nitrogens with zero attached hydrogens (tertiary/aromatic N) is 4. The summed E-state index contributed by atoms with van der Waals surface area (Å²) >= 11 is 0. The molecule has 7 nitrogen and oxygen atoms in total. The average Bonchev–Trinajstić information content (AvgIpc) is 3.40. The number of benzene rings is 2. The number of amides is 1. The number of halogens is 1. The second kappa shape index (κ2) is 6.76. The third-order valence-corrected chi connectivity index (χ3v) is 7.82. The van der Waals surface area contributed by atoms with E-state index in [1.165, 1.54) is 17.0 Å². The van der Waals surface area contributed by atoms with Gasteiger partial charge in [0.1, 0.15) is 11.6 Å². The normalized spacial score (nSPS) is 24.9. The Kier molecular flexibility index (Phi) is 4.10. The zero-order chi connectivity index (χ0) is 23.8. The van der Waals surface area contributed by atoms with Crippen LogP contribution < -0.4 is 5.73 Å². The SMILES string of the molecule is Cc1onc2c1CC1(CC2)Cc2ccc(-c3cc(F)cc(C#N)c3)cc2C12N=C(N)N(C)C2=O. The lowest BCUT2D eigenvalue weighted by atomic mass is 9.61. The van der Waals surface area contributed by atoms with Crippen LogP contribution in [0, 0.1) is 29.5 Å². The van der Waals surface area contributed by atoms with Crippen molar-refractivity contribution in [1.82, 2.24) is 10.1 Å². The Bertz CT molecular complexity index is 1470. The molecule has 6 rings (SSSR count). The number of guanidine groups is 1. The van der Waals surface area contributed by atoms with E-state index in [0.717, 1.165) is 33.7 Å². The molecule has 2 spiro atoms. The summed E-state index contributed by atoms with van der Waals surface area (Å²) < 4.78 is 19.7. The molecule has 0 saturated carbocycles. The van der Waals surface area contributed by atoms with Crippen LogP contribution in [0.3, 0.4) is 0 Å². The Hall–Kier alpha value is -3.99. The molecule has 2 unspecified atom stereocenters. The lowest BCUT2D eigenvalue weighted by Gasteiger charge is -2.43. The number of likely N-dealkylation sites (N-methyl/N-ethyl adjacent to an activating group) is 1. The van der Waals surface area contributed by atoms with Crippen LogP contribution in [0.1, 0.15) is 40.1 Å². The molecule has 0 bridgehead atoms. The summed E-state index contributed by atoms with van der Waals surface area (Å²) in [7, 11) is 1.65. The van der Waals surface area contributed by atoms with Gasteiger partial charge in [0.25, 0.3) is 5.91 Å². The number of rotatable bonds is 1. The number of aliphatic imine (C=N–C) groups is 1. The Morgan fingerprint density at radius 1 is 1.21 bits per heavy atom. The maximum absolute atomic E-state index is 14.2. The van der Waals surface area contributed by atoms with E-state index in [9.17, 15) is 14.4 Å². The summed E-state index contributed by atoms with van der Waals surface area (Å²) in [6, 6.07) is 12.1. The summed E-state index contributed by atoms with van der Waals surface area (Å²) in [5.41, 5.74) is 9.87. The number of aromatic nitrogens is 1. The van der Waals surface area contributed by atoms with Crippen molar-refractivity contribution in [2.45, 2.75) is 38.1 Å². The fourth-order valence-corrected chi connectivity index (χ4v) is 6.11. The van der Waals surface area contributed by atoms with E-state index in [0.29, 0.717) is 31.2 Å². The number of carbonyl (C=O) groups is 1. The topological polar surface area (TPSA) is 109 Å². The van der Waals surface area contributed by atoms with Gasteiger partial charge in [-0.1, -0.05) is 17.3 Å². The molecule has 2 aromatic carbocycles. The van der Waals surface area contributed by atoms with Crippen molar-refractivity contribution in [2.75, 3.05) is 7.05 Å². The van der Waals surface area contributed by atoms with Crippen molar-refractivity contribution in [3.05, 3.63) is 75.9 Å². The maximum atomic E-state index is 14.2. The van der Waals surface area contributed by atoms with Crippen molar-refractivity contribution in [3.63, 3.8) is 0 Å². The Morgan fingerprint density at radius 2 is 2.03 bits per heavy atom. The Morgan fingerprint density at radius 3 is 2.76 bits per heavy atom. The molecule has 2 heterocycles. The number of hydrogen-bond acceptors (Lipinski definition) is 6. The van der Waals surface area contributed by atoms with Crippen LogP contribution in [-0.4, -0.2) is 29.0 Å². The first-order chi connectivity index (χ1) is 16.3. The van der Waals surface area contributed by atoms with E-state index in [1.54, 1.807) is 13.1 Å². The third kappa shape index (κ3) is 2.52. The first kappa shape index (κ1) is 20.6. The lowest BCUT2D eigenvalue weighted by Crippen LogP contribution is -2.51. The molecule has 3 aromatic rings. The van der Waals surface area contributed by atoms with Crippen molar-refractivity contribution in [1.29, 1.82) is 5.26 Å². The summed E-state index contributed by atoms with van der Waals surface area (Å²) in [5.74, 6) is 0.311. The molecule has 3 aliphatic rings. The van der Waals surface area contributed by atoms with Gasteiger partial charge in [0.05, 0.1) is 17.3 Å². The summed E-state index contributed by atoms with van der Waals surface area (Å²) in [4.78, 5) is 20.2. The number of fused-ring (bicyclic) bond motifs is 4. The van der Waals surface area contributed by atoms with Crippen LogP contribution in [0.4, 0.5) is 4.39 Å². The van der Waals surface area contributed by atoms with E-state index in [-0.39, 0.29) is 17.4 Å². The molecule has 1 aliphatic heterocycles. The largest absolute Gasteiger partial charge is 0.369 e. The third-order valence-electron chi connectivity index (χ3n) is 7.82. The van der Waals surface area contributed by atoms with Gasteiger partial charge in [-0.05, 0) is 79.1 Å². The van der Waals surface area contributed by atoms with Gasteiger partial charge in [0, 0.05) is 18.0 Å². The minimum Gasteiger partial charge on any atom is -0.369 e. The molecule has 1 aromatic heterocycles. The molecule has 8 heteroatoms. The standard InChI is InChI=1S/C26H22FN5O2/c1-14-20-12-25(6-5-22(20)31-34-14)11-17-4-3-16(18-7-15(13-28)8-19(27)9-18)10-21(17)26(25)23(33)32(2)24(29)30-26/h3-4,7-10H,5-6,11-12H2,1-2H3,(H2,29,30). The summed E-state index contributed by atoms with van der Waals surface area (Å²) in [5, 5.41) is 13.5. The zero-order valence-electron chi connectivity index (χ0n) is 18.9. The van der Waals surface area contributed by atoms with Crippen molar-refractivity contribution in [3.8, 4) is 17.2 Å². The molecule has 0 fully saturated rings. The van der Waals surface area contributed by atoms with Gasteiger partial charge in [0.2, 0.25) is 0 Å². The van der Waals surface area contributed by atoms with E-state index >= 15 is 0 Å². The van der Waals surface area contributed by atoms with Crippen LogP contribution in [0.2, 0.25) is 0 Å². The minimum absolute atomic E-state index is 0.157. The molecule has 0 saturated heterocycles. The Balaban J connectivity index is 1.57. The highest BCUT2D eigenvalue weighted by atomic mass is 19.1. The number of nitriles is 1. The molecule has 170 valence electrons. The minimum atomic E-state index is -1.18. The van der Waals surface area contributed by atoms with Crippen molar-refractivity contribution in [2.24, 2.45) is 16.1 Å². The molecule has 2 atom stereocenters. The fourth-order valence-electron chi connectivity index (χ4n) is 6.11. The maximum Gasteiger partial charge on any atom is 0.262 e. The predicted octanol–water partition coefficient (Wildman–Crippen LogP) is 3.37. The van der Waals surface area contributed by atoms with E-state index in [2.05, 4.69) is 5.16 Å². The van der Waals surface area contributed by atoms with Crippen LogP contribution in [0.5, 0.6) is 0 Å². The monoisotopic (exact) mass is 455 g/mol. The van der Waals surface area contributed by atoms with Crippen molar-refractivity contribution < 1.29 is 13.7 Å². The predicted molar refractivity (Wildman–Crippen MR) is 122 cm³/mol. The van der Waals surface area contributed by atoms with Crippen LogP contribution in [-0.2, 0) is 29.6 Å². The lowest BCUT2D eigenvalue weighted by molar-refractivity contribution is -0.135. The van der Waals surface area contributed by atoms with Crippen molar-refractivity contribution >= 4 is 11.9 Å². The second-order valence-corrected chi connectivity index (χ2v) is 9.55. The number of nitrogens with two attached hydrogens (primary N) is 1. The van der Waals surface area contributed by atoms with Crippen LogP contribution in [0.25, 0.3) is 11.1 Å². The number of carbonyl (C=O) groups excluding carboxylic acids is 1. The van der Waals surface area contributed by atoms with Gasteiger partial charge in [-0.3, -0.25) is 9.69 Å². The first-order valence-corrected chi connectivity index (χ1v) is 11.2. The van der Waals surface area contributed by atoms with Gasteiger partial charge >= 0.3 is 0 Å². The quantitative estimate of drug-likeness (QED) is 0.605. The summed E-state index contributed by atoms with van der Waals surface area (Å²) in [6.45, 7) is 1.90. The van der Waals surface area contributed by atoms with Gasteiger partial charge < -0.3 is 10.3 Å². The smallest absolute Gasteiger partial charge is 0.262 e. The van der Waals surface area contributed by atoms with Gasteiger partial charge in [-0.2, -0.15) is 5.26 Å². The molecular weight excluding hydrogens is 433 g/mol. The first-order valence-electron chi connectivity index (χ1n) is 11.2. The van der Waals surface area contributed by atoms with Gasteiger partial charge in [0.15, 0.2) is 11.5 Å². The fraction of sp³-hybridized carbons (Fsp3) is 0.308. The number of hydrogen-bond donors (Lipinski definition) is 1. The number of aryl methyl sites for hydroxylation is 2. The molecule has 2 aliphatic carbocycles. The average molecular weight is 455 g/mol. The summed E-state index contributed by atoms with van der Waals surface area (Å²) in [6.07, 6.45) is 2.67. The van der Waals surface area contributed by atoms with E-state index in [4.69, 9.17) is 15.2 Å².